The molecule has 0 unspecified atom stereocenters. The van der Waals surface area contributed by atoms with Crippen LogP contribution in [0.3, 0.4) is 0 Å². The fraction of sp³-hybridized carbons (Fsp3) is 0.500. The Morgan fingerprint density at radius 1 is 1.32 bits per heavy atom. The van der Waals surface area contributed by atoms with E-state index in [2.05, 4.69) is 26.2 Å². The molecule has 2 fully saturated rings. The van der Waals surface area contributed by atoms with E-state index in [0.29, 0.717) is 43.4 Å². The summed E-state index contributed by atoms with van der Waals surface area (Å²) in [4.78, 5) is 43.7. The number of amides is 3. The van der Waals surface area contributed by atoms with Gasteiger partial charge in [0.1, 0.15) is 12.4 Å². The maximum absolute atomic E-state index is 12.3. The van der Waals surface area contributed by atoms with Crippen LogP contribution >= 0.6 is 27.7 Å². The number of hydrogen-bond donors (Lipinski definition) is 1. The zero-order valence-electron chi connectivity index (χ0n) is 13.6. The Bertz CT molecular complexity index is 662. The average Bonchev–Trinajstić information content (AvgIpc) is 3.02. The van der Waals surface area contributed by atoms with Crippen molar-refractivity contribution >= 4 is 51.2 Å². The number of carbonyl (C=O) groups is 3. The lowest BCUT2D eigenvalue weighted by atomic mass is 9.96. The van der Waals surface area contributed by atoms with Crippen molar-refractivity contribution in [2.75, 3.05) is 36.6 Å². The van der Waals surface area contributed by atoms with Gasteiger partial charge >= 0.3 is 0 Å². The number of likely N-dealkylation sites (tertiary alicyclic amines) is 1. The number of carbonyl (C=O) groups excluding carboxylic acids is 3. The molecule has 0 radical (unpaired) electrons. The smallest absolute Gasteiger partial charge is 0.242 e. The number of piperidine rings is 1. The van der Waals surface area contributed by atoms with Crippen LogP contribution in [0.15, 0.2) is 22.8 Å². The molecule has 0 saturated carbocycles. The van der Waals surface area contributed by atoms with Gasteiger partial charge in [0, 0.05) is 29.7 Å². The van der Waals surface area contributed by atoms with Crippen molar-refractivity contribution in [1.29, 1.82) is 0 Å². The predicted octanol–water partition coefficient (Wildman–Crippen LogP) is 1.55. The van der Waals surface area contributed by atoms with E-state index in [0.717, 1.165) is 4.47 Å². The number of nitrogens with zero attached hydrogens (tertiary/aromatic N) is 3. The van der Waals surface area contributed by atoms with Crippen molar-refractivity contribution < 1.29 is 14.4 Å². The maximum atomic E-state index is 12.3. The highest BCUT2D eigenvalue weighted by atomic mass is 79.9. The molecule has 134 valence electrons. The first-order valence-corrected chi connectivity index (χ1v) is 10.0. The summed E-state index contributed by atoms with van der Waals surface area (Å²) < 4.78 is 0.854. The minimum absolute atomic E-state index is 0.0228. The molecule has 3 amide bonds. The summed E-state index contributed by atoms with van der Waals surface area (Å²) >= 11 is 4.83. The van der Waals surface area contributed by atoms with Gasteiger partial charge in [-0.25, -0.2) is 4.98 Å². The third kappa shape index (κ3) is 4.72. The second kappa shape index (κ2) is 8.18. The fourth-order valence-electron chi connectivity index (χ4n) is 2.87. The minimum atomic E-state index is -0.126. The lowest BCUT2D eigenvalue weighted by Gasteiger charge is -2.32. The van der Waals surface area contributed by atoms with E-state index in [4.69, 9.17) is 0 Å². The predicted molar refractivity (Wildman–Crippen MR) is 98.9 cm³/mol. The van der Waals surface area contributed by atoms with Gasteiger partial charge in [-0.3, -0.25) is 14.4 Å². The second-order valence-electron chi connectivity index (χ2n) is 6.08. The highest BCUT2D eigenvalue weighted by Crippen LogP contribution is 2.21. The molecule has 1 aromatic heterocycles. The first-order chi connectivity index (χ1) is 12.0. The Labute approximate surface area is 158 Å². The zero-order valence-corrected chi connectivity index (χ0v) is 16.0. The second-order valence-corrected chi connectivity index (χ2v) is 7.95. The van der Waals surface area contributed by atoms with Crippen molar-refractivity contribution in [1.82, 2.24) is 14.8 Å². The highest BCUT2D eigenvalue weighted by Gasteiger charge is 2.30. The summed E-state index contributed by atoms with van der Waals surface area (Å²) in [5.41, 5.74) is 0. The molecule has 2 aliphatic heterocycles. The highest BCUT2D eigenvalue weighted by molar-refractivity contribution is 9.10. The summed E-state index contributed by atoms with van der Waals surface area (Å²) in [5, 5.41) is 2.82. The Hall–Kier alpha value is -1.61. The number of hydrogen-bond acceptors (Lipinski definition) is 5. The number of aromatic nitrogens is 1. The molecule has 0 spiro atoms. The first kappa shape index (κ1) is 18.2. The molecule has 1 aromatic rings. The lowest BCUT2D eigenvalue weighted by Crippen LogP contribution is -2.46. The molecule has 2 aliphatic rings. The molecule has 25 heavy (non-hydrogen) atoms. The van der Waals surface area contributed by atoms with Gasteiger partial charge in [-0.15, -0.1) is 11.8 Å². The number of thioether (sulfide) groups is 1. The summed E-state index contributed by atoms with van der Waals surface area (Å²) in [6.07, 6.45) is 2.88. The number of rotatable bonds is 4. The van der Waals surface area contributed by atoms with E-state index in [-0.39, 0.29) is 30.2 Å². The van der Waals surface area contributed by atoms with Crippen molar-refractivity contribution in [2.45, 2.75) is 12.8 Å². The molecule has 7 nitrogen and oxygen atoms in total. The molecule has 0 atom stereocenters. The lowest BCUT2D eigenvalue weighted by molar-refractivity contribution is -0.139. The van der Waals surface area contributed by atoms with E-state index in [1.54, 1.807) is 22.1 Å². The third-order valence-electron chi connectivity index (χ3n) is 4.35. The van der Waals surface area contributed by atoms with Crippen molar-refractivity contribution in [3.8, 4) is 0 Å². The molecular formula is C16H19BrN4O3S. The van der Waals surface area contributed by atoms with Crippen LogP contribution in [0.4, 0.5) is 5.82 Å². The summed E-state index contributed by atoms with van der Waals surface area (Å²) in [5.74, 6) is 1.37. The molecule has 3 heterocycles. The van der Waals surface area contributed by atoms with E-state index < -0.39 is 0 Å². The first-order valence-electron chi connectivity index (χ1n) is 8.08. The van der Waals surface area contributed by atoms with Crippen LogP contribution in [0.1, 0.15) is 12.8 Å². The van der Waals surface area contributed by atoms with Gasteiger partial charge in [0.15, 0.2) is 0 Å². The van der Waals surface area contributed by atoms with Gasteiger partial charge in [0.25, 0.3) is 0 Å². The average molecular weight is 427 g/mol. The minimum Gasteiger partial charge on any atom is -0.341 e. The Morgan fingerprint density at radius 3 is 2.68 bits per heavy atom. The zero-order chi connectivity index (χ0) is 17.8. The molecule has 0 bridgehead atoms. The fourth-order valence-corrected chi connectivity index (χ4v) is 4.01. The van der Waals surface area contributed by atoms with Gasteiger partial charge in [0.05, 0.1) is 11.6 Å². The van der Waals surface area contributed by atoms with Crippen LogP contribution in [-0.4, -0.2) is 63.8 Å². The molecule has 3 rings (SSSR count). The van der Waals surface area contributed by atoms with Crippen LogP contribution in [-0.2, 0) is 14.4 Å². The summed E-state index contributed by atoms with van der Waals surface area (Å²) in [7, 11) is 0. The van der Waals surface area contributed by atoms with Crippen LogP contribution in [0.2, 0.25) is 0 Å². The van der Waals surface area contributed by atoms with Crippen LogP contribution in [0, 0.1) is 5.92 Å². The quantitative estimate of drug-likeness (QED) is 0.789. The van der Waals surface area contributed by atoms with Crippen LogP contribution < -0.4 is 5.32 Å². The normalized spacial score (nSPS) is 18.5. The summed E-state index contributed by atoms with van der Waals surface area (Å²) in [6, 6.07) is 3.56. The van der Waals surface area contributed by atoms with Crippen molar-refractivity contribution in [3.05, 3.63) is 22.8 Å². The van der Waals surface area contributed by atoms with E-state index in [9.17, 15) is 14.4 Å². The monoisotopic (exact) mass is 426 g/mol. The molecule has 9 heteroatoms. The van der Waals surface area contributed by atoms with Gasteiger partial charge < -0.3 is 15.1 Å². The standard InChI is InChI=1S/C16H19BrN4O3S/c17-12-1-2-13(18-7-12)19-16(24)11-3-5-20(6-4-11)14(22)8-21-10-25-9-15(21)23/h1-2,7,11H,3-6,8-10H2,(H,18,19,24). The van der Waals surface area contributed by atoms with E-state index in [1.165, 1.54) is 11.8 Å². The van der Waals surface area contributed by atoms with Gasteiger partial charge in [0.2, 0.25) is 17.7 Å². The van der Waals surface area contributed by atoms with Crippen LogP contribution in [0.5, 0.6) is 0 Å². The molecule has 2 saturated heterocycles. The largest absolute Gasteiger partial charge is 0.341 e. The van der Waals surface area contributed by atoms with Crippen LogP contribution in [0.25, 0.3) is 0 Å². The number of pyridine rings is 1. The van der Waals surface area contributed by atoms with Crippen molar-refractivity contribution in [2.24, 2.45) is 5.92 Å². The molecule has 0 aromatic carbocycles. The topological polar surface area (TPSA) is 82.6 Å². The number of anilines is 1. The molecule has 0 aliphatic carbocycles. The van der Waals surface area contributed by atoms with Crippen molar-refractivity contribution in [3.63, 3.8) is 0 Å². The van der Waals surface area contributed by atoms with Gasteiger partial charge in [-0.05, 0) is 40.9 Å². The Balaban J connectivity index is 1.46. The molecule has 1 N–H and O–H groups in total. The van der Waals surface area contributed by atoms with Gasteiger partial charge in [-0.2, -0.15) is 0 Å². The SMILES string of the molecule is O=C(Nc1ccc(Br)cn1)C1CCN(C(=O)CN2CSCC2=O)CC1. The van der Waals surface area contributed by atoms with E-state index in [1.807, 2.05) is 6.07 Å². The maximum Gasteiger partial charge on any atom is 0.242 e. The summed E-state index contributed by atoms with van der Waals surface area (Å²) in [6.45, 7) is 1.23. The number of halogens is 1. The number of nitrogens with one attached hydrogen (secondary N) is 1. The Kier molecular flexibility index (Phi) is 5.95. The third-order valence-corrected chi connectivity index (χ3v) is 5.76. The Morgan fingerprint density at radius 2 is 2.08 bits per heavy atom. The molecular weight excluding hydrogens is 408 g/mol. The van der Waals surface area contributed by atoms with E-state index >= 15 is 0 Å². The van der Waals surface area contributed by atoms with Gasteiger partial charge in [-0.1, -0.05) is 0 Å².